The molecule has 1 heterocycles. The Balaban J connectivity index is 1.62. The molecule has 1 aliphatic heterocycles. The van der Waals surface area contributed by atoms with Crippen LogP contribution in [0.2, 0.25) is 0 Å². The van der Waals surface area contributed by atoms with Crippen LogP contribution in [0.15, 0.2) is 48.5 Å². The van der Waals surface area contributed by atoms with E-state index in [1.165, 1.54) is 12.1 Å². The van der Waals surface area contributed by atoms with Gasteiger partial charge < -0.3 is 16.8 Å². The molecule has 0 radical (unpaired) electrons. The van der Waals surface area contributed by atoms with Crippen molar-refractivity contribution < 1.29 is 14.0 Å². The summed E-state index contributed by atoms with van der Waals surface area (Å²) in [5.41, 5.74) is 13.6. The number of nitrogen functional groups attached to an aromatic ring is 1. The van der Waals surface area contributed by atoms with Crippen LogP contribution < -0.4 is 16.8 Å². The highest BCUT2D eigenvalue weighted by molar-refractivity contribution is 5.94. The molecular weight excluding hydrogens is 397 g/mol. The highest BCUT2D eigenvalue weighted by Crippen LogP contribution is 2.32. The molecule has 0 bridgehead atoms. The minimum Gasteiger partial charge on any atom is -0.384 e. The van der Waals surface area contributed by atoms with Crippen LogP contribution in [0.25, 0.3) is 0 Å². The summed E-state index contributed by atoms with van der Waals surface area (Å²) in [4.78, 5) is 26.7. The van der Waals surface area contributed by atoms with Crippen LogP contribution in [-0.4, -0.2) is 41.2 Å². The third-order valence-electron chi connectivity index (χ3n) is 5.92. The van der Waals surface area contributed by atoms with Gasteiger partial charge in [-0.05, 0) is 48.9 Å². The molecule has 0 aromatic heterocycles. The molecule has 6 N–H and O–H groups in total. The van der Waals surface area contributed by atoms with Crippen LogP contribution in [-0.2, 0) is 16.1 Å². The summed E-state index contributed by atoms with van der Waals surface area (Å²) in [5.74, 6) is -0.877. The molecule has 3 atom stereocenters. The molecule has 2 unspecified atom stereocenters. The highest BCUT2D eigenvalue weighted by Gasteiger charge is 2.37. The molecule has 1 aliphatic rings. The molecule has 7 nitrogen and oxygen atoms in total. The number of amides is 2. The maximum atomic E-state index is 13.2. The summed E-state index contributed by atoms with van der Waals surface area (Å²) in [6.07, 6.45) is 1.24. The number of primary amides is 1. The standard InChI is InChI=1S/C23H28FN5O2/c1-14(23(31)28-13-15-2-4-17(5-3-15)21(25)26)29-11-10-18(12-20(29)22(27)30)16-6-8-19(24)9-7-16/h2-9,14,18,20H,10-13H2,1H3,(H3,25,26)(H2,27,30)(H,28,31)/t14-,18?,20?/m0/s1. The molecule has 1 saturated heterocycles. The van der Waals surface area contributed by atoms with Gasteiger partial charge in [-0.15, -0.1) is 0 Å². The van der Waals surface area contributed by atoms with Crippen LogP contribution in [0.5, 0.6) is 0 Å². The molecule has 2 aromatic rings. The summed E-state index contributed by atoms with van der Waals surface area (Å²) in [7, 11) is 0. The van der Waals surface area contributed by atoms with Gasteiger partial charge in [0.2, 0.25) is 11.8 Å². The first kappa shape index (κ1) is 22.4. The number of carbonyl (C=O) groups is 2. The summed E-state index contributed by atoms with van der Waals surface area (Å²) >= 11 is 0. The Morgan fingerprint density at radius 1 is 1.16 bits per heavy atom. The van der Waals surface area contributed by atoms with E-state index in [-0.39, 0.29) is 23.5 Å². The lowest BCUT2D eigenvalue weighted by atomic mass is 9.84. The van der Waals surface area contributed by atoms with Gasteiger partial charge in [-0.3, -0.25) is 19.9 Å². The van der Waals surface area contributed by atoms with E-state index < -0.39 is 18.0 Å². The second kappa shape index (κ2) is 9.70. The first-order valence-corrected chi connectivity index (χ1v) is 10.3. The van der Waals surface area contributed by atoms with Gasteiger partial charge in [0, 0.05) is 18.7 Å². The molecule has 0 spiro atoms. The van der Waals surface area contributed by atoms with Crippen LogP contribution >= 0.6 is 0 Å². The Kier molecular flexibility index (Phi) is 7.02. The predicted octanol–water partition coefficient (Wildman–Crippen LogP) is 1.85. The molecular formula is C23H28FN5O2. The number of nitrogens with zero attached hydrogens (tertiary/aromatic N) is 1. The third-order valence-corrected chi connectivity index (χ3v) is 5.92. The van der Waals surface area contributed by atoms with E-state index in [0.717, 1.165) is 17.5 Å². The van der Waals surface area contributed by atoms with Gasteiger partial charge in [0.25, 0.3) is 0 Å². The lowest BCUT2D eigenvalue weighted by molar-refractivity contribution is -0.132. The number of piperidine rings is 1. The number of likely N-dealkylation sites (tertiary alicyclic amines) is 1. The molecule has 2 aromatic carbocycles. The van der Waals surface area contributed by atoms with Gasteiger partial charge in [0.1, 0.15) is 11.7 Å². The minimum atomic E-state index is -0.570. The van der Waals surface area contributed by atoms with Crippen molar-refractivity contribution >= 4 is 17.6 Å². The fourth-order valence-electron chi connectivity index (χ4n) is 4.05. The lowest BCUT2D eigenvalue weighted by Crippen LogP contribution is -2.56. The van der Waals surface area contributed by atoms with Crippen LogP contribution in [0.4, 0.5) is 4.39 Å². The second-order valence-corrected chi connectivity index (χ2v) is 7.93. The van der Waals surface area contributed by atoms with Crippen molar-refractivity contribution in [1.29, 1.82) is 5.41 Å². The van der Waals surface area contributed by atoms with Crippen LogP contribution in [0.1, 0.15) is 42.4 Å². The Morgan fingerprint density at radius 3 is 2.39 bits per heavy atom. The Bertz CT molecular complexity index is 945. The first-order chi connectivity index (χ1) is 14.8. The molecule has 0 aliphatic carbocycles. The summed E-state index contributed by atoms with van der Waals surface area (Å²) in [6, 6.07) is 12.3. The number of hydrogen-bond donors (Lipinski definition) is 4. The van der Waals surface area contributed by atoms with Crippen LogP contribution in [0.3, 0.4) is 0 Å². The normalized spacial score (nSPS) is 20.1. The highest BCUT2D eigenvalue weighted by atomic mass is 19.1. The van der Waals surface area contributed by atoms with E-state index >= 15 is 0 Å². The quantitative estimate of drug-likeness (QED) is 0.399. The van der Waals surface area contributed by atoms with E-state index in [1.807, 2.05) is 17.0 Å². The van der Waals surface area contributed by atoms with Gasteiger partial charge in [-0.25, -0.2) is 4.39 Å². The fourth-order valence-corrected chi connectivity index (χ4v) is 4.05. The molecule has 2 amide bonds. The third kappa shape index (κ3) is 5.46. The van der Waals surface area contributed by atoms with Crippen molar-refractivity contribution in [2.75, 3.05) is 6.54 Å². The number of halogens is 1. The largest absolute Gasteiger partial charge is 0.384 e. The number of benzene rings is 2. The van der Waals surface area contributed by atoms with Crippen molar-refractivity contribution in [3.05, 3.63) is 71.0 Å². The van der Waals surface area contributed by atoms with E-state index in [2.05, 4.69) is 5.32 Å². The summed E-state index contributed by atoms with van der Waals surface area (Å²) < 4.78 is 13.2. The predicted molar refractivity (Wildman–Crippen MR) is 117 cm³/mol. The zero-order valence-corrected chi connectivity index (χ0v) is 17.5. The molecule has 0 saturated carbocycles. The monoisotopic (exact) mass is 425 g/mol. The lowest BCUT2D eigenvalue weighted by Gasteiger charge is -2.40. The first-order valence-electron chi connectivity index (χ1n) is 10.3. The molecule has 1 fully saturated rings. The Morgan fingerprint density at radius 2 is 1.81 bits per heavy atom. The average Bonchev–Trinajstić information content (AvgIpc) is 2.77. The van der Waals surface area contributed by atoms with E-state index in [9.17, 15) is 14.0 Å². The summed E-state index contributed by atoms with van der Waals surface area (Å²) in [5, 5.41) is 10.3. The fraction of sp³-hybridized carbons (Fsp3) is 0.348. The number of nitrogens with two attached hydrogens (primary N) is 2. The molecule has 164 valence electrons. The van der Waals surface area contributed by atoms with Crippen molar-refractivity contribution in [2.24, 2.45) is 11.5 Å². The SMILES string of the molecule is C[C@@H](C(=O)NCc1ccc(C(=N)N)cc1)N1CCC(c2ccc(F)cc2)CC1C(N)=O. The maximum Gasteiger partial charge on any atom is 0.237 e. The average molecular weight is 426 g/mol. The van der Waals surface area contributed by atoms with Gasteiger partial charge in [-0.1, -0.05) is 36.4 Å². The van der Waals surface area contributed by atoms with Gasteiger partial charge in [0.15, 0.2) is 0 Å². The van der Waals surface area contributed by atoms with Crippen molar-refractivity contribution in [3.8, 4) is 0 Å². The smallest absolute Gasteiger partial charge is 0.237 e. The second-order valence-electron chi connectivity index (χ2n) is 7.93. The van der Waals surface area contributed by atoms with Gasteiger partial charge in [0.05, 0.1) is 12.1 Å². The molecule has 31 heavy (non-hydrogen) atoms. The summed E-state index contributed by atoms with van der Waals surface area (Å²) in [6.45, 7) is 2.63. The Labute approximate surface area is 181 Å². The van der Waals surface area contributed by atoms with E-state index in [0.29, 0.717) is 25.1 Å². The number of rotatable bonds is 7. The van der Waals surface area contributed by atoms with E-state index in [1.54, 1.807) is 31.2 Å². The Hall–Kier alpha value is -3.26. The van der Waals surface area contributed by atoms with Crippen molar-refractivity contribution in [2.45, 2.75) is 44.3 Å². The molecule has 8 heteroatoms. The maximum absolute atomic E-state index is 13.2. The number of hydrogen-bond acceptors (Lipinski definition) is 4. The number of nitrogens with one attached hydrogen (secondary N) is 2. The number of carbonyl (C=O) groups excluding carboxylic acids is 2. The van der Waals surface area contributed by atoms with Gasteiger partial charge in [-0.2, -0.15) is 0 Å². The van der Waals surface area contributed by atoms with Gasteiger partial charge >= 0.3 is 0 Å². The number of amidine groups is 1. The minimum absolute atomic E-state index is 0.00857. The molecule has 3 rings (SSSR count). The van der Waals surface area contributed by atoms with Crippen molar-refractivity contribution in [3.63, 3.8) is 0 Å². The van der Waals surface area contributed by atoms with E-state index in [4.69, 9.17) is 16.9 Å². The zero-order chi connectivity index (χ0) is 22.5. The van der Waals surface area contributed by atoms with Crippen molar-refractivity contribution in [1.82, 2.24) is 10.2 Å². The topological polar surface area (TPSA) is 125 Å². The van der Waals surface area contributed by atoms with Crippen LogP contribution in [0, 0.1) is 11.2 Å². The zero-order valence-electron chi connectivity index (χ0n) is 17.5.